The van der Waals surface area contributed by atoms with E-state index >= 15 is 0 Å². The van der Waals surface area contributed by atoms with Crippen molar-refractivity contribution in [3.05, 3.63) is 41.2 Å². The maximum Gasteiger partial charge on any atom is 0.241 e. The summed E-state index contributed by atoms with van der Waals surface area (Å²) < 4.78 is 42.3. The predicted octanol–water partition coefficient (Wildman–Crippen LogP) is 3.05. The molecule has 6 nitrogen and oxygen atoms in total. The maximum atomic E-state index is 13.2. The smallest absolute Gasteiger partial charge is 0.241 e. The van der Waals surface area contributed by atoms with Gasteiger partial charge in [-0.1, -0.05) is 30.9 Å². The van der Waals surface area contributed by atoms with Crippen molar-refractivity contribution in [2.45, 2.75) is 49.6 Å². The van der Waals surface area contributed by atoms with Crippen LogP contribution in [0, 0.1) is 5.82 Å². The summed E-state index contributed by atoms with van der Waals surface area (Å²) in [5.74, 6) is -0.0914. The van der Waals surface area contributed by atoms with E-state index in [1.165, 1.54) is 12.5 Å². The van der Waals surface area contributed by atoms with Gasteiger partial charge in [0.05, 0.1) is 16.5 Å². The topological polar surface area (TPSA) is 76.9 Å². The number of halogens is 2. The number of hydrogen-bond acceptors (Lipinski definition) is 4. The molecule has 0 amide bonds. The zero-order valence-electron chi connectivity index (χ0n) is 13.0. The van der Waals surface area contributed by atoms with E-state index in [9.17, 15) is 12.8 Å². The second-order valence-corrected chi connectivity index (χ2v) is 8.02. The molecule has 1 aliphatic carbocycles. The highest BCUT2D eigenvalue weighted by atomic mass is 35.5. The molecule has 1 aromatic carbocycles. The Morgan fingerprint density at radius 1 is 1.29 bits per heavy atom. The zero-order valence-corrected chi connectivity index (χ0v) is 14.5. The molecule has 24 heavy (non-hydrogen) atoms. The Labute approximate surface area is 145 Å². The molecule has 0 saturated heterocycles. The van der Waals surface area contributed by atoms with Crippen LogP contribution in [0.4, 0.5) is 4.39 Å². The Balaban J connectivity index is 1.73. The molecular formula is C15H18ClFN4O2S. The molecule has 1 N–H and O–H groups in total. The van der Waals surface area contributed by atoms with E-state index in [0.29, 0.717) is 11.9 Å². The number of sulfonamides is 1. The number of nitrogens with one attached hydrogen (secondary N) is 1. The molecule has 1 aromatic heterocycles. The highest BCUT2D eigenvalue weighted by molar-refractivity contribution is 7.89. The van der Waals surface area contributed by atoms with Gasteiger partial charge < -0.3 is 4.57 Å². The number of rotatable bonds is 5. The van der Waals surface area contributed by atoms with Gasteiger partial charge in [0.2, 0.25) is 10.0 Å². The van der Waals surface area contributed by atoms with Crippen LogP contribution in [0.2, 0.25) is 5.02 Å². The van der Waals surface area contributed by atoms with Crippen molar-refractivity contribution in [2.75, 3.05) is 0 Å². The molecule has 1 aliphatic rings. The molecule has 3 rings (SSSR count). The fraction of sp³-hybridized carbons (Fsp3) is 0.467. The van der Waals surface area contributed by atoms with Crippen LogP contribution in [-0.2, 0) is 16.6 Å². The van der Waals surface area contributed by atoms with Crippen LogP contribution in [0.5, 0.6) is 0 Å². The van der Waals surface area contributed by atoms with Gasteiger partial charge in [0, 0.05) is 6.04 Å². The number of aromatic nitrogens is 3. The minimum absolute atomic E-state index is 0.0217. The summed E-state index contributed by atoms with van der Waals surface area (Å²) in [6, 6.07) is 3.61. The van der Waals surface area contributed by atoms with E-state index in [4.69, 9.17) is 11.6 Å². The largest absolute Gasteiger partial charge is 0.313 e. The zero-order chi connectivity index (χ0) is 17.2. The van der Waals surface area contributed by atoms with Crippen molar-refractivity contribution in [1.82, 2.24) is 19.5 Å². The maximum absolute atomic E-state index is 13.2. The van der Waals surface area contributed by atoms with E-state index < -0.39 is 15.8 Å². The van der Waals surface area contributed by atoms with Crippen LogP contribution in [0.15, 0.2) is 29.4 Å². The lowest BCUT2D eigenvalue weighted by atomic mass is 9.95. The van der Waals surface area contributed by atoms with Gasteiger partial charge in [-0.25, -0.2) is 17.5 Å². The second-order valence-electron chi connectivity index (χ2n) is 5.85. The lowest BCUT2D eigenvalue weighted by Gasteiger charge is -2.24. The first-order chi connectivity index (χ1) is 11.5. The average Bonchev–Trinajstić information content (AvgIpc) is 3.05. The normalized spacial score (nSPS) is 16.4. The van der Waals surface area contributed by atoms with Crippen molar-refractivity contribution in [2.24, 2.45) is 0 Å². The molecule has 0 aliphatic heterocycles. The van der Waals surface area contributed by atoms with Crippen molar-refractivity contribution < 1.29 is 12.8 Å². The summed E-state index contributed by atoms with van der Waals surface area (Å²) in [6.45, 7) is 0.0217. The number of nitrogens with zero attached hydrogens (tertiary/aromatic N) is 3. The second kappa shape index (κ2) is 7.16. The fourth-order valence-electron chi connectivity index (χ4n) is 2.94. The van der Waals surface area contributed by atoms with Crippen LogP contribution in [0.1, 0.15) is 44.0 Å². The molecule has 1 heterocycles. The van der Waals surface area contributed by atoms with Crippen molar-refractivity contribution >= 4 is 21.6 Å². The summed E-state index contributed by atoms with van der Waals surface area (Å²) in [7, 11) is -3.81. The molecule has 1 saturated carbocycles. The standard InChI is InChI=1S/C15H18ClFN4O2S/c16-13-8-12(6-7-14(13)17)24(22,23)19-9-15-20-18-10-21(15)11-4-2-1-3-5-11/h6-8,10-11,19H,1-5,9H2. The fourth-order valence-corrected chi connectivity index (χ4v) is 4.20. The Morgan fingerprint density at radius 2 is 2.04 bits per heavy atom. The Bertz CT molecular complexity index is 819. The molecule has 0 bridgehead atoms. The highest BCUT2D eigenvalue weighted by Gasteiger charge is 2.21. The molecule has 0 unspecified atom stereocenters. The van der Waals surface area contributed by atoms with Gasteiger partial charge in [0.15, 0.2) is 0 Å². The van der Waals surface area contributed by atoms with Gasteiger partial charge in [0.25, 0.3) is 0 Å². The molecular weight excluding hydrogens is 355 g/mol. The quantitative estimate of drug-likeness (QED) is 0.875. The van der Waals surface area contributed by atoms with Gasteiger partial charge in [0.1, 0.15) is 18.0 Å². The van der Waals surface area contributed by atoms with Crippen molar-refractivity contribution in [3.8, 4) is 0 Å². The first kappa shape index (κ1) is 17.3. The van der Waals surface area contributed by atoms with Crippen molar-refractivity contribution in [1.29, 1.82) is 0 Å². The van der Waals surface area contributed by atoms with Crippen LogP contribution >= 0.6 is 11.6 Å². The predicted molar refractivity (Wildman–Crippen MR) is 87.6 cm³/mol. The third kappa shape index (κ3) is 3.76. The first-order valence-electron chi connectivity index (χ1n) is 7.80. The van der Waals surface area contributed by atoms with Gasteiger partial charge in [-0.05, 0) is 31.0 Å². The van der Waals surface area contributed by atoms with Gasteiger partial charge in [-0.2, -0.15) is 0 Å². The summed E-state index contributed by atoms with van der Waals surface area (Å²) in [5, 5.41) is 7.69. The van der Waals surface area contributed by atoms with Crippen LogP contribution in [-0.4, -0.2) is 23.2 Å². The van der Waals surface area contributed by atoms with Gasteiger partial charge >= 0.3 is 0 Å². The lowest BCUT2D eigenvalue weighted by molar-refractivity contribution is 0.344. The molecule has 0 radical (unpaired) electrons. The molecule has 1 fully saturated rings. The Kier molecular flexibility index (Phi) is 5.17. The van der Waals surface area contributed by atoms with Gasteiger partial charge in [-0.15, -0.1) is 10.2 Å². The summed E-state index contributed by atoms with van der Waals surface area (Å²) in [5.41, 5.74) is 0. The molecule has 9 heteroatoms. The van der Waals surface area contributed by atoms with E-state index in [1.54, 1.807) is 6.33 Å². The Hall–Kier alpha value is -1.51. The van der Waals surface area contributed by atoms with Crippen LogP contribution in [0.25, 0.3) is 0 Å². The molecule has 0 spiro atoms. The minimum atomic E-state index is -3.81. The average molecular weight is 373 g/mol. The summed E-state index contributed by atoms with van der Waals surface area (Å²) in [4.78, 5) is -0.0855. The summed E-state index contributed by atoms with van der Waals surface area (Å²) in [6.07, 6.45) is 7.28. The van der Waals surface area contributed by atoms with E-state index in [-0.39, 0.29) is 16.5 Å². The SMILES string of the molecule is O=S(=O)(NCc1nncn1C1CCCCC1)c1ccc(F)c(Cl)c1. The molecule has 0 atom stereocenters. The third-order valence-electron chi connectivity index (χ3n) is 4.24. The molecule has 130 valence electrons. The molecule has 2 aromatic rings. The first-order valence-corrected chi connectivity index (χ1v) is 9.66. The third-order valence-corrected chi connectivity index (χ3v) is 5.93. The minimum Gasteiger partial charge on any atom is -0.313 e. The number of hydrogen-bond donors (Lipinski definition) is 1. The van der Waals surface area contributed by atoms with E-state index in [0.717, 1.165) is 37.8 Å². The van der Waals surface area contributed by atoms with Gasteiger partial charge in [-0.3, -0.25) is 0 Å². The Morgan fingerprint density at radius 3 is 2.75 bits per heavy atom. The van der Waals surface area contributed by atoms with Crippen LogP contribution < -0.4 is 4.72 Å². The van der Waals surface area contributed by atoms with Crippen molar-refractivity contribution in [3.63, 3.8) is 0 Å². The van der Waals surface area contributed by atoms with E-state index in [1.807, 2.05) is 4.57 Å². The number of benzene rings is 1. The van der Waals surface area contributed by atoms with Crippen LogP contribution in [0.3, 0.4) is 0 Å². The highest BCUT2D eigenvalue weighted by Crippen LogP contribution is 2.28. The monoisotopic (exact) mass is 372 g/mol. The van der Waals surface area contributed by atoms with E-state index in [2.05, 4.69) is 14.9 Å². The summed E-state index contributed by atoms with van der Waals surface area (Å²) >= 11 is 5.65. The lowest BCUT2D eigenvalue weighted by Crippen LogP contribution is -2.26.